The summed E-state index contributed by atoms with van der Waals surface area (Å²) in [5.41, 5.74) is 8.15. The van der Waals surface area contributed by atoms with Crippen LogP contribution in [0, 0.1) is 17.8 Å². The average Bonchev–Trinajstić information content (AvgIpc) is 3.36. The molecule has 2 aliphatic rings. The van der Waals surface area contributed by atoms with Crippen molar-refractivity contribution in [2.24, 2.45) is 5.92 Å². The lowest BCUT2D eigenvalue weighted by molar-refractivity contribution is 0.212. The number of nitrogens with zero attached hydrogens (tertiary/aromatic N) is 2. The number of ether oxygens (including phenoxy) is 1. The Labute approximate surface area is 199 Å². The number of aromatic nitrogens is 2. The molecule has 0 bridgehead atoms. The largest absolute Gasteiger partial charge is 0.485 e. The van der Waals surface area contributed by atoms with Gasteiger partial charge in [-0.15, -0.1) is 11.3 Å². The lowest BCUT2D eigenvalue weighted by Crippen LogP contribution is -2.10. The normalized spacial score (nSPS) is 21.2. The SMILES string of the molecule is CC1CCC(c2ncc(-c3cnc(N)c(OCc4cccc(C#CC5(O)CC5)c4)c3)s2)CC1. The van der Waals surface area contributed by atoms with E-state index in [-0.39, 0.29) is 0 Å². The quantitative estimate of drug-likeness (QED) is 0.490. The molecule has 5 nitrogen and oxygen atoms in total. The molecule has 0 unspecified atom stereocenters. The second-order valence-corrected chi connectivity index (χ2v) is 10.5. The Morgan fingerprint density at radius 2 is 1.97 bits per heavy atom. The highest BCUT2D eigenvalue weighted by atomic mass is 32.1. The molecule has 0 amide bonds. The van der Waals surface area contributed by atoms with Gasteiger partial charge in [-0.05, 0) is 55.4 Å². The Balaban J connectivity index is 1.27. The maximum atomic E-state index is 9.93. The highest BCUT2D eigenvalue weighted by molar-refractivity contribution is 7.15. The van der Waals surface area contributed by atoms with Crippen LogP contribution < -0.4 is 10.5 Å². The van der Waals surface area contributed by atoms with E-state index in [0.29, 0.717) is 24.1 Å². The van der Waals surface area contributed by atoms with Gasteiger partial charge in [0.25, 0.3) is 0 Å². The van der Waals surface area contributed by atoms with Gasteiger partial charge in [-0.2, -0.15) is 0 Å². The predicted octanol–water partition coefficient (Wildman–Crippen LogP) is 5.54. The molecule has 0 aliphatic heterocycles. The molecule has 3 aromatic rings. The van der Waals surface area contributed by atoms with Gasteiger partial charge in [-0.1, -0.05) is 43.7 Å². The van der Waals surface area contributed by atoms with Crippen LogP contribution in [0.25, 0.3) is 10.4 Å². The predicted molar refractivity (Wildman–Crippen MR) is 132 cm³/mol. The summed E-state index contributed by atoms with van der Waals surface area (Å²) in [5, 5.41) is 11.2. The van der Waals surface area contributed by atoms with E-state index in [1.807, 2.05) is 36.5 Å². The third kappa shape index (κ3) is 5.38. The average molecular weight is 460 g/mol. The van der Waals surface area contributed by atoms with Crippen LogP contribution in [-0.2, 0) is 6.61 Å². The third-order valence-corrected chi connectivity index (χ3v) is 7.75. The Morgan fingerprint density at radius 3 is 2.76 bits per heavy atom. The second-order valence-electron chi connectivity index (χ2n) is 9.40. The molecule has 0 spiro atoms. The second kappa shape index (κ2) is 9.17. The molecule has 6 heteroatoms. The number of aliphatic hydroxyl groups is 1. The summed E-state index contributed by atoms with van der Waals surface area (Å²) in [6, 6.07) is 9.81. The molecule has 0 radical (unpaired) electrons. The first-order chi connectivity index (χ1) is 16.0. The lowest BCUT2D eigenvalue weighted by Gasteiger charge is -2.24. The molecular formula is C27H29N3O2S. The number of benzene rings is 1. The van der Waals surface area contributed by atoms with Gasteiger partial charge in [0.15, 0.2) is 11.6 Å². The first-order valence-corrected chi connectivity index (χ1v) is 12.5. The Morgan fingerprint density at radius 1 is 1.15 bits per heavy atom. The standard InChI is InChI=1S/C27H29N3O2S/c1-18-5-7-21(8-6-18)26-30-16-24(33-26)22-14-23(25(28)29-15-22)32-17-20-4-2-3-19(13-20)9-10-27(31)11-12-27/h2-4,13-16,18,21,31H,5-8,11-12,17H2,1H3,(H2,28,29). The van der Waals surface area contributed by atoms with Crippen molar-refractivity contribution in [1.29, 1.82) is 0 Å². The van der Waals surface area contributed by atoms with Gasteiger partial charge < -0.3 is 15.6 Å². The highest BCUT2D eigenvalue weighted by Crippen LogP contribution is 2.40. The van der Waals surface area contributed by atoms with E-state index in [0.717, 1.165) is 40.3 Å². The summed E-state index contributed by atoms with van der Waals surface area (Å²) < 4.78 is 6.03. The van der Waals surface area contributed by atoms with Gasteiger partial charge in [0.2, 0.25) is 0 Å². The summed E-state index contributed by atoms with van der Waals surface area (Å²) in [6.07, 6.45) is 10.3. The van der Waals surface area contributed by atoms with Crippen LogP contribution in [0.2, 0.25) is 0 Å². The number of anilines is 1. The number of thiazole rings is 1. The van der Waals surface area contributed by atoms with Gasteiger partial charge >= 0.3 is 0 Å². The highest BCUT2D eigenvalue weighted by Gasteiger charge is 2.38. The molecule has 33 heavy (non-hydrogen) atoms. The Hall–Kier alpha value is -2.88. The number of pyridine rings is 1. The molecule has 5 rings (SSSR count). The summed E-state index contributed by atoms with van der Waals surface area (Å²) in [4.78, 5) is 10.2. The maximum absolute atomic E-state index is 9.93. The molecule has 0 atom stereocenters. The van der Waals surface area contributed by atoms with Crippen LogP contribution in [0.4, 0.5) is 5.82 Å². The van der Waals surface area contributed by atoms with Crippen molar-refractivity contribution in [2.75, 3.05) is 5.73 Å². The zero-order valence-corrected chi connectivity index (χ0v) is 19.7. The van der Waals surface area contributed by atoms with Crippen molar-refractivity contribution < 1.29 is 9.84 Å². The maximum Gasteiger partial charge on any atom is 0.166 e. The van der Waals surface area contributed by atoms with E-state index in [2.05, 4.69) is 23.7 Å². The molecule has 2 saturated carbocycles. The molecule has 2 aromatic heterocycles. The van der Waals surface area contributed by atoms with E-state index >= 15 is 0 Å². The van der Waals surface area contributed by atoms with Crippen molar-refractivity contribution in [3.63, 3.8) is 0 Å². The van der Waals surface area contributed by atoms with E-state index in [1.54, 1.807) is 17.5 Å². The van der Waals surface area contributed by atoms with Crippen molar-refractivity contribution in [1.82, 2.24) is 9.97 Å². The molecule has 0 saturated heterocycles. The molecule has 2 aliphatic carbocycles. The van der Waals surface area contributed by atoms with Crippen molar-refractivity contribution in [3.8, 4) is 28.0 Å². The van der Waals surface area contributed by atoms with Gasteiger partial charge in [0, 0.05) is 29.4 Å². The zero-order chi connectivity index (χ0) is 22.8. The molecule has 170 valence electrons. The summed E-state index contributed by atoms with van der Waals surface area (Å²) in [7, 11) is 0. The Kier molecular flexibility index (Phi) is 6.09. The molecular weight excluding hydrogens is 430 g/mol. The minimum Gasteiger partial charge on any atom is -0.485 e. The van der Waals surface area contributed by atoms with Crippen molar-refractivity contribution in [3.05, 3.63) is 58.9 Å². The van der Waals surface area contributed by atoms with Gasteiger partial charge in [0.05, 0.1) is 9.88 Å². The minimum absolute atomic E-state index is 0.364. The van der Waals surface area contributed by atoms with Crippen LogP contribution >= 0.6 is 11.3 Å². The number of nitrogens with two attached hydrogens (primary N) is 1. The van der Waals surface area contributed by atoms with Gasteiger partial charge in [-0.25, -0.2) is 9.97 Å². The van der Waals surface area contributed by atoms with Crippen molar-refractivity contribution in [2.45, 2.75) is 63.6 Å². The molecule has 1 aromatic carbocycles. The fourth-order valence-corrected chi connectivity index (χ4v) is 5.22. The van der Waals surface area contributed by atoms with E-state index in [1.165, 1.54) is 30.7 Å². The minimum atomic E-state index is -0.779. The lowest BCUT2D eigenvalue weighted by atomic mass is 9.83. The van der Waals surface area contributed by atoms with E-state index in [9.17, 15) is 5.11 Å². The first kappa shape index (κ1) is 21.9. The van der Waals surface area contributed by atoms with Crippen LogP contribution in [0.3, 0.4) is 0 Å². The van der Waals surface area contributed by atoms with E-state index in [4.69, 9.17) is 15.5 Å². The summed E-state index contributed by atoms with van der Waals surface area (Å²) in [5.74, 6) is 8.35. The number of nitrogen functional groups attached to an aromatic ring is 1. The first-order valence-electron chi connectivity index (χ1n) is 11.7. The topological polar surface area (TPSA) is 81.3 Å². The third-order valence-electron chi connectivity index (χ3n) is 6.54. The number of rotatable bonds is 5. The van der Waals surface area contributed by atoms with Gasteiger partial charge in [0.1, 0.15) is 12.2 Å². The summed E-state index contributed by atoms with van der Waals surface area (Å²) >= 11 is 1.75. The van der Waals surface area contributed by atoms with Crippen LogP contribution in [-0.4, -0.2) is 20.7 Å². The smallest absolute Gasteiger partial charge is 0.166 e. The van der Waals surface area contributed by atoms with Gasteiger partial charge in [-0.3, -0.25) is 0 Å². The fraction of sp³-hybridized carbons (Fsp3) is 0.407. The monoisotopic (exact) mass is 459 g/mol. The molecule has 3 N–H and O–H groups in total. The zero-order valence-electron chi connectivity index (χ0n) is 18.9. The van der Waals surface area contributed by atoms with Crippen LogP contribution in [0.1, 0.15) is 67.5 Å². The van der Waals surface area contributed by atoms with Crippen LogP contribution in [0.5, 0.6) is 5.75 Å². The number of hydrogen-bond acceptors (Lipinski definition) is 6. The number of hydrogen-bond donors (Lipinski definition) is 2. The summed E-state index contributed by atoms with van der Waals surface area (Å²) in [6.45, 7) is 2.70. The fourth-order valence-electron chi connectivity index (χ4n) is 4.15. The van der Waals surface area contributed by atoms with Crippen molar-refractivity contribution >= 4 is 17.2 Å². The molecule has 2 heterocycles. The Bertz CT molecular complexity index is 1200. The molecule has 2 fully saturated rings. The van der Waals surface area contributed by atoms with E-state index < -0.39 is 5.60 Å². The van der Waals surface area contributed by atoms with Crippen LogP contribution in [0.15, 0.2) is 42.7 Å².